The van der Waals surface area contributed by atoms with Crippen LogP contribution in [0.25, 0.3) is 0 Å². The number of hydrogen-bond donors (Lipinski definition) is 2. The molecule has 0 heterocycles. The number of anilines is 2. The Labute approximate surface area is 274 Å². The second kappa shape index (κ2) is 16.7. The lowest BCUT2D eigenvalue weighted by Gasteiger charge is -2.09. The first-order valence-corrected chi connectivity index (χ1v) is 14.8. The molecule has 0 unspecified atom stereocenters. The van der Waals surface area contributed by atoms with Crippen LogP contribution < -0.4 is 10.6 Å². The molecule has 0 aromatic heterocycles. The number of ether oxygens (including phenoxy) is 2. The van der Waals surface area contributed by atoms with E-state index in [0.29, 0.717) is 25.7 Å². The van der Waals surface area contributed by atoms with Gasteiger partial charge in [0.25, 0.3) is 23.2 Å². The summed E-state index contributed by atoms with van der Waals surface area (Å²) in [6, 6.07) is 22.9. The monoisotopic (exact) mass is 654 g/mol. The molecule has 0 bridgehead atoms. The van der Waals surface area contributed by atoms with E-state index >= 15 is 0 Å². The third kappa shape index (κ3) is 10.0. The van der Waals surface area contributed by atoms with Crippen molar-refractivity contribution in [3.8, 4) is 0 Å². The number of nitro groups is 2. The molecule has 0 fully saturated rings. The molecule has 4 aromatic rings. The van der Waals surface area contributed by atoms with Crippen LogP contribution in [0.4, 0.5) is 22.7 Å². The summed E-state index contributed by atoms with van der Waals surface area (Å²) in [5.74, 6) is -2.28. The summed E-state index contributed by atoms with van der Waals surface area (Å²) in [4.78, 5) is 71.0. The predicted molar refractivity (Wildman–Crippen MR) is 174 cm³/mol. The molecule has 0 saturated heterocycles. The summed E-state index contributed by atoms with van der Waals surface area (Å²) in [7, 11) is 0. The van der Waals surface area contributed by atoms with Crippen LogP contribution in [0.2, 0.25) is 0 Å². The van der Waals surface area contributed by atoms with Crippen molar-refractivity contribution >= 4 is 46.5 Å². The van der Waals surface area contributed by atoms with Crippen molar-refractivity contribution < 1.29 is 38.5 Å². The van der Waals surface area contributed by atoms with Crippen LogP contribution in [0.5, 0.6) is 0 Å². The van der Waals surface area contributed by atoms with Crippen LogP contribution >= 0.6 is 0 Å². The lowest BCUT2D eigenvalue weighted by atomic mass is 10.1. The Balaban J connectivity index is 1.14. The maximum Gasteiger partial charge on any atom is 0.338 e. The Hall–Kier alpha value is -6.44. The van der Waals surface area contributed by atoms with E-state index in [1.807, 2.05) is 0 Å². The van der Waals surface area contributed by atoms with Gasteiger partial charge in [0.2, 0.25) is 0 Å². The first kappa shape index (κ1) is 34.4. The molecule has 246 valence electrons. The van der Waals surface area contributed by atoms with Crippen molar-refractivity contribution in [2.75, 3.05) is 23.8 Å². The summed E-state index contributed by atoms with van der Waals surface area (Å²) < 4.78 is 10.6. The quantitative estimate of drug-likeness (QED) is 0.0611. The van der Waals surface area contributed by atoms with E-state index in [2.05, 4.69) is 10.6 Å². The lowest BCUT2D eigenvalue weighted by Crippen LogP contribution is -2.14. The van der Waals surface area contributed by atoms with Crippen molar-refractivity contribution in [3.05, 3.63) is 140 Å². The molecular weight excluding hydrogens is 624 g/mol. The van der Waals surface area contributed by atoms with E-state index in [1.54, 1.807) is 0 Å². The molecule has 2 N–H and O–H groups in total. The fourth-order valence-electron chi connectivity index (χ4n) is 4.43. The number of hydrogen-bond acceptors (Lipinski definition) is 10. The standard InChI is InChI=1S/C34H30N4O10/c39-31(35-27-13-7-15-29(21-27)37(43)44)23-9-5-11-25(19-23)33(41)47-17-3-1-2-4-18-48-34(42)26-12-6-10-24(20-26)32(40)36-28-14-8-16-30(22-28)38(45)46/h5-16,19-22H,1-4,17-18H2,(H,35,39)(H,36,40). The summed E-state index contributed by atoms with van der Waals surface area (Å²) >= 11 is 0. The minimum Gasteiger partial charge on any atom is -0.462 e. The minimum absolute atomic E-state index is 0.147. The van der Waals surface area contributed by atoms with Gasteiger partial charge in [-0.2, -0.15) is 0 Å². The fourth-order valence-corrected chi connectivity index (χ4v) is 4.43. The fraction of sp³-hybridized carbons (Fsp3) is 0.176. The summed E-state index contributed by atoms with van der Waals surface area (Å²) in [5, 5.41) is 27.1. The third-order valence-electron chi connectivity index (χ3n) is 6.86. The molecule has 0 aliphatic heterocycles. The molecule has 14 heteroatoms. The molecule has 14 nitrogen and oxygen atoms in total. The number of carbonyl (C=O) groups excluding carboxylic acids is 4. The minimum atomic E-state index is -0.602. The van der Waals surface area contributed by atoms with E-state index < -0.39 is 33.6 Å². The average molecular weight is 655 g/mol. The van der Waals surface area contributed by atoms with Gasteiger partial charge in [0.15, 0.2) is 0 Å². The molecule has 2 amide bonds. The number of esters is 2. The van der Waals surface area contributed by atoms with Gasteiger partial charge in [0.1, 0.15) is 0 Å². The Morgan fingerprint density at radius 1 is 0.521 bits per heavy atom. The lowest BCUT2D eigenvalue weighted by molar-refractivity contribution is -0.385. The number of non-ortho nitro benzene ring substituents is 2. The van der Waals surface area contributed by atoms with E-state index in [-0.39, 0.29) is 58.2 Å². The molecule has 0 atom stereocenters. The Morgan fingerprint density at radius 2 is 0.896 bits per heavy atom. The molecule has 0 spiro atoms. The second-order valence-electron chi connectivity index (χ2n) is 10.4. The van der Waals surface area contributed by atoms with Crippen LogP contribution in [0, 0.1) is 20.2 Å². The van der Waals surface area contributed by atoms with E-state index in [0.717, 1.165) is 0 Å². The van der Waals surface area contributed by atoms with Gasteiger partial charge in [-0.1, -0.05) is 24.3 Å². The van der Waals surface area contributed by atoms with Crippen LogP contribution in [-0.2, 0) is 9.47 Å². The van der Waals surface area contributed by atoms with Crippen LogP contribution in [0.3, 0.4) is 0 Å². The highest BCUT2D eigenvalue weighted by molar-refractivity contribution is 6.06. The van der Waals surface area contributed by atoms with Gasteiger partial charge in [-0.25, -0.2) is 9.59 Å². The Bertz CT molecular complexity index is 1710. The van der Waals surface area contributed by atoms with Gasteiger partial charge < -0.3 is 20.1 Å². The number of benzene rings is 4. The average Bonchev–Trinajstić information content (AvgIpc) is 3.09. The van der Waals surface area contributed by atoms with E-state index in [1.165, 1.54) is 97.1 Å². The van der Waals surface area contributed by atoms with Crippen molar-refractivity contribution in [2.45, 2.75) is 25.7 Å². The Morgan fingerprint density at radius 3 is 1.29 bits per heavy atom. The zero-order valence-corrected chi connectivity index (χ0v) is 25.5. The van der Waals surface area contributed by atoms with Gasteiger partial charge in [-0.3, -0.25) is 29.8 Å². The molecule has 0 aliphatic carbocycles. The summed E-state index contributed by atoms with van der Waals surface area (Å²) in [6.45, 7) is 0.293. The van der Waals surface area contributed by atoms with Crippen molar-refractivity contribution in [1.82, 2.24) is 0 Å². The van der Waals surface area contributed by atoms with Gasteiger partial charge in [-0.05, 0) is 74.2 Å². The van der Waals surface area contributed by atoms with Crippen LogP contribution in [0.1, 0.15) is 67.1 Å². The van der Waals surface area contributed by atoms with Crippen LogP contribution in [-0.4, -0.2) is 46.8 Å². The first-order valence-electron chi connectivity index (χ1n) is 14.8. The molecule has 0 radical (unpaired) electrons. The largest absolute Gasteiger partial charge is 0.462 e. The van der Waals surface area contributed by atoms with Crippen LogP contribution in [0.15, 0.2) is 97.1 Å². The molecule has 4 aromatic carbocycles. The number of nitrogens with one attached hydrogen (secondary N) is 2. The normalized spacial score (nSPS) is 10.4. The van der Waals surface area contributed by atoms with Gasteiger partial charge in [0, 0.05) is 46.8 Å². The van der Waals surface area contributed by atoms with Crippen molar-refractivity contribution in [3.63, 3.8) is 0 Å². The van der Waals surface area contributed by atoms with Gasteiger partial charge in [-0.15, -0.1) is 0 Å². The summed E-state index contributed by atoms with van der Waals surface area (Å²) in [5.41, 5.74) is 0.874. The number of nitro benzene ring substituents is 2. The molecule has 0 saturated carbocycles. The molecule has 4 rings (SSSR count). The third-order valence-corrected chi connectivity index (χ3v) is 6.86. The highest BCUT2D eigenvalue weighted by Crippen LogP contribution is 2.20. The highest BCUT2D eigenvalue weighted by Gasteiger charge is 2.15. The number of nitrogens with zero attached hydrogens (tertiary/aromatic N) is 2. The highest BCUT2D eigenvalue weighted by atomic mass is 16.6. The molecule has 0 aliphatic rings. The van der Waals surface area contributed by atoms with Crippen molar-refractivity contribution in [1.29, 1.82) is 0 Å². The summed E-state index contributed by atoms with van der Waals surface area (Å²) in [6.07, 6.45) is 2.52. The number of rotatable bonds is 15. The van der Waals surface area contributed by atoms with Crippen molar-refractivity contribution in [2.24, 2.45) is 0 Å². The number of amides is 2. The topological polar surface area (TPSA) is 197 Å². The number of unbranched alkanes of at least 4 members (excludes halogenated alkanes) is 3. The second-order valence-corrected chi connectivity index (χ2v) is 10.4. The zero-order valence-electron chi connectivity index (χ0n) is 25.5. The molecular formula is C34H30N4O10. The molecule has 48 heavy (non-hydrogen) atoms. The number of carbonyl (C=O) groups is 4. The predicted octanol–water partition coefficient (Wildman–Crippen LogP) is 6.58. The first-order chi connectivity index (χ1) is 23.1. The SMILES string of the molecule is O=C(Nc1cccc([N+](=O)[O-])c1)c1cccc(C(=O)OCCCCCCOC(=O)c2cccc(C(=O)Nc3cccc([N+](=O)[O-])c3)c2)c1. The van der Waals surface area contributed by atoms with Gasteiger partial charge in [0.05, 0.1) is 34.2 Å². The Kier molecular flexibility index (Phi) is 12.0. The van der Waals surface area contributed by atoms with E-state index in [9.17, 15) is 39.4 Å². The maximum atomic E-state index is 12.6. The van der Waals surface area contributed by atoms with Gasteiger partial charge >= 0.3 is 11.9 Å². The zero-order chi connectivity index (χ0) is 34.5. The van der Waals surface area contributed by atoms with E-state index in [4.69, 9.17) is 9.47 Å². The smallest absolute Gasteiger partial charge is 0.338 e. The maximum absolute atomic E-state index is 12.6.